The molecule has 1 N–H and O–H groups in total. The van der Waals surface area contributed by atoms with Crippen LogP contribution < -0.4 is 0 Å². The van der Waals surface area contributed by atoms with Crippen LogP contribution in [0.3, 0.4) is 0 Å². The van der Waals surface area contributed by atoms with E-state index in [1.54, 1.807) is 6.92 Å². The van der Waals surface area contributed by atoms with E-state index in [9.17, 15) is 4.79 Å². The van der Waals surface area contributed by atoms with E-state index in [1.165, 1.54) is 38.5 Å². The van der Waals surface area contributed by atoms with Gasteiger partial charge in [-0.05, 0) is 68.6 Å². The van der Waals surface area contributed by atoms with E-state index in [2.05, 4.69) is 0 Å². The molecule has 4 fully saturated rings. The minimum Gasteiger partial charge on any atom is -0.478 e. The van der Waals surface area contributed by atoms with Crippen molar-refractivity contribution in [3.8, 4) is 0 Å². The summed E-state index contributed by atoms with van der Waals surface area (Å²) in [4.78, 5) is 10.8. The zero-order valence-corrected chi connectivity index (χ0v) is 11.1. The maximum absolute atomic E-state index is 10.8. The molecule has 0 aliphatic heterocycles. The second kappa shape index (κ2) is 4.04. The average molecular weight is 252 g/mol. The first-order chi connectivity index (χ1) is 8.06. The number of thioether (sulfide) groups is 1. The molecule has 2 nitrogen and oxygen atoms in total. The van der Waals surface area contributed by atoms with Gasteiger partial charge in [0.15, 0.2) is 0 Å². The maximum Gasteiger partial charge on any atom is 0.331 e. The zero-order chi connectivity index (χ0) is 12.0. The largest absolute Gasteiger partial charge is 0.478 e. The third-order valence-corrected chi connectivity index (χ3v) is 6.28. The van der Waals surface area contributed by atoms with Crippen LogP contribution in [-0.2, 0) is 4.79 Å². The van der Waals surface area contributed by atoms with Crippen LogP contribution in [-0.4, -0.2) is 15.8 Å². The Morgan fingerprint density at radius 2 is 1.65 bits per heavy atom. The number of aliphatic carboxylic acids is 1. The summed E-state index contributed by atoms with van der Waals surface area (Å²) < 4.78 is 0.394. The van der Waals surface area contributed by atoms with E-state index in [1.807, 2.05) is 17.2 Å². The van der Waals surface area contributed by atoms with Gasteiger partial charge in [0, 0.05) is 10.3 Å². The van der Waals surface area contributed by atoms with E-state index in [4.69, 9.17) is 5.11 Å². The molecule has 4 rings (SSSR count). The van der Waals surface area contributed by atoms with Gasteiger partial charge in [0.1, 0.15) is 0 Å². The van der Waals surface area contributed by atoms with Crippen LogP contribution in [0.25, 0.3) is 0 Å². The van der Waals surface area contributed by atoms with Gasteiger partial charge in [0.25, 0.3) is 0 Å². The topological polar surface area (TPSA) is 37.3 Å². The van der Waals surface area contributed by atoms with Gasteiger partial charge in [-0.15, -0.1) is 11.8 Å². The SMILES string of the molecule is C/C(=C/SC12CC3CC(CC(C3)C1)C2)C(=O)O. The van der Waals surface area contributed by atoms with Crippen molar-refractivity contribution >= 4 is 17.7 Å². The van der Waals surface area contributed by atoms with E-state index in [0.717, 1.165) is 17.8 Å². The quantitative estimate of drug-likeness (QED) is 0.779. The summed E-state index contributed by atoms with van der Waals surface area (Å²) in [6.07, 6.45) is 8.32. The van der Waals surface area contributed by atoms with Crippen LogP contribution in [0.5, 0.6) is 0 Å². The summed E-state index contributed by atoms with van der Waals surface area (Å²) in [6.45, 7) is 1.70. The maximum atomic E-state index is 10.8. The lowest BCUT2D eigenvalue weighted by Crippen LogP contribution is -2.48. The average Bonchev–Trinajstić information content (AvgIpc) is 2.24. The lowest BCUT2D eigenvalue weighted by atomic mass is 9.56. The van der Waals surface area contributed by atoms with Crippen molar-refractivity contribution in [1.82, 2.24) is 0 Å². The van der Waals surface area contributed by atoms with Crippen LogP contribution in [0, 0.1) is 17.8 Å². The Morgan fingerprint density at radius 3 is 2.06 bits per heavy atom. The van der Waals surface area contributed by atoms with Crippen LogP contribution in [0.2, 0.25) is 0 Å². The number of hydrogen-bond acceptors (Lipinski definition) is 2. The van der Waals surface area contributed by atoms with Crippen molar-refractivity contribution in [2.45, 2.75) is 50.2 Å². The molecule has 0 aromatic carbocycles. The fraction of sp³-hybridized carbons (Fsp3) is 0.786. The molecule has 3 heteroatoms. The van der Waals surface area contributed by atoms with Crippen LogP contribution in [0.1, 0.15) is 45.4 Å². The summed E-state index contributed by atoms with van der Waals surface area (Å²) in [6, 6.07) is 0. The molecular weight excluding hydrogens is 232 g/mol. The molecule has 4 saturated carbocycles. The van der Waals surface area contributed by atoms with Crippen LogP contribution in [0.4, 0.5) is 0 Å². The first-order valence-corrected chi connectivity index (χ1v) is 7.52. The number of rotatable bonds is 3. The lowest BCUT2D eigenvalue weighted by Gasteiger charge is -2.56. The number of hydrogen-bond donors (Lipinski definition) is 1. The minimum atomic E-state index is -0.776. The molecule has 0 heterocycles. The van der Waals surface area contributed by atoms with Gasteiger partial charge in [-0.2, -0.15) is 0 Å². The van der Waals surface area contributed by atoms with Gasteiger partial charge >= 0.3 is 5.97 Å². The van der Waals surface area contributed by atoms with Gasteiger partial charge in [-0.1, -0.05) is 0 Å². The molecule has 0 aromatic heterocycles. The molecule has 4 aliphatic rings. The molecule has 0 unspecified atom stereocenters. The van der Waals surface area contributed by atoms with Crippen molar-refractivity contribution in [1.29, 1.82) is 0 Å². The fourth-order valence-electron chi connectivity index (χ4n) is 4.44. The van der Waals surface area contributed by atoms with Gasteiger partial charge in [-0.3, -0.25) is 0 Å². The Bertz CT molecular complexity index is 337. The third kappa shape index (κ3) is 2.14. The summed E-state index contributed by atoms with van der Waals surface area (Å²) in [5.41, 5.74) is 0.491. The standard InChI is InChI=1S/C14H20O2S/c1-9(13(15)16)8-17-14-5-10-2-11(6-14)4-12(3-10)7-14/h8,10-12H,2-7H2,1H3,(H,15,16)/b9-8-. The van der Waals surface area contributed by atoms with E-state index in [0.29, 0.717) is 10.3 Å². The molecule has 4 bridgehead atoms. The summed E-state index contributed by atoms with van der Waals surface area (Å²) in [5, 5.41) is 10.8. The molecule has 4 aliphatic carbocycles. The highest BCUT2D eigenvalue weighted by atomic mass is 32.2. The van der Waals surface area contributed by atoms with Crippen LogP contribution >= 0.6 is 11.8 Å². The Balaban J connectivity index is 1.74. The van der Waals surface area contributed by atoms with Crippen molar-refractivity contribution < 1.29 is 9.90 Å². The highest BCUT2D eigenvalue weighted by Gasteiger charge is 2.50. The molecule has 0 atom stereocenters. The van der Waals surface area contributed by atoms with Crippen molar-refractivity contribution in [3.63, 3.8) is 0 Å². The number of carboxylic acid groups (broad SMARTS) is 1. The van der Waals surface area contributed by atoms with Crippen molar-refractivity contribution in [2.75, 3.05) is 0 Å². The summed E-state index contributed by atoms with van der Waals surface area (Å²) in [7, 11) is 0. The molecule has 17 heavy (non-hydrogen) atoms. The summed E-state index contributed by atoms with van der Waals surface area (Å²) >= 11 is 1.83. The number of carboxylic acids is 1. The van der Waals surface area contributed by atoms with Crippen molar-refractivity contribution in [2.24, 2.45) is 17.8 Å². The molecule has 0 spiro atoms. The highest BCUT2D eigenvalue weighted by Crippen LogP contribution is 2.60. The Kier molecular flexibility index (Phi) is 2.77. The molecule has 0 aromatic rings. The van der Waals surface area contributed by atoms with Gasteiger partial charge in [0.05, 0.1) is 0 Å². The first kappa shape index (κ1) is 11.6. The fourth-order valence-corrected chi connectivity index (χ4v) is 5.96. The molecule has 0 radical (unpaired) electrons. The monoisotopic (exact) mass is 252 g/mol. The predicted molar refractivity (Wildman–Crippen MR) is 69.9 cm³/mol. The zero-order valence-electron chi connectivity index (χ0n) is 10.3. The third-order valence-electron chi connectivity index (χ3n) is 4.81. The highest BCUT2D eigenvalue weighted by molar-refractivity contribution is 8.03. The van der Waals surface area contributed by atoms with Gasteiger partial charge in [0.2, 0.25) is 0 Å². The second-order valence-electron chi connectivity index (χ2n) is 6.32. The predicted octanol–water partition coefficient (Wildman–Crippen LogP) is 3.68. The molecule has 94 valence electrons. The van der Waals surface area contributed by atoms with E-state index < -0.39 is 5.97 Å². The van der Waals surface area contributed by atoms with Gasteiger partial charge in [-0.25, -0.2) is 4.79 Å². The Morgan fingerprint density at radius 1 is 1.18 bits per heavy atom. The Hall–Kier alpha value is -0.440. The minimum absolute atomic E-state index is 0.394. The van der Waals surface area contributed by atoms with Gasteiger partial charge < -0.3 is 5.11 Å². The molecular formula is C14H20O2S. The van der Waals surface area contributed by atoms with Crippen molar-refractivity contribution in [3.05, 3.63) is 11.0 Å². The summed E-state index contributed by atoms with van der Waals surface area (Å²) in [5.74, 6) is 2.04. The Labute approximate surface area is 107 Å². The van der Waals surface area contributed by atoms with E-state index in [-0.39, 0.29) is 0 Å². The first-order valence-electron chi connectivity index (χ1n) is 6.64. The van der Waals surface area contributed by atoms with Crippen LogP contribution in [0.15, 0.2) is 11.0 Å². The molecule has 0 saturated heterocycles. The number of carbonyl (C=O) groups is 1. The smallest absolute Gasteiger partial charge is 0.331 e. The second-order valence-corrected chi connectivity index (χ2v) is 7.66. The lowest BCUT2D eigenvalue weighted by molar-refractivity contribution is -0.132. The normalized spacial score (nSPS) is 44.1. The van der Waals surface area contributed by atoms with E-state index >= 15 is 0 Å². The molecule has 0 amide bonds.